The van der Waals surface area contributed by atoms with Crippen molar-refractivity contribution in [3.8, 4) is 0 Å². The number of piperidine rings is 3. The molecule has 0 radical (unpaired) electrons. The number of anilines is 1. The molecule has 4 rings (SSSR count). The minimum atomic E-state index is 0.703. The van der Waals surface area contributed by atoms with Crippen molar-refractivity contribution in [2.75, 3.05) is 38.0 Å². The Morgan fingerprint density at radius 3 is 2.47 bits per heavy atom. The molecule has 0 aromatic heterocycles. The number of benzene rings is 1. The minimum Gasteiger partial charge on any atom is -0.384 e. The van der Waals surface area contributed by atoms with Crippen LogP contribution >= 0.6 is 11.6 Å². The Morgan fingerprint density at radius 1 is 1.11 bits per heavy atom. The molecular formula is C15H22ClN3. The molecule has 0 amide bonds. The number of rotatable bonds is 5. The van der Waals surface area contributed by atoms with E-state index in [1.807, 2.05) is 24.3 Å². The second kappa shape index (κ2) is 6.12. The number of hydrogen-bond acceptors (Lipinski definition) is 3. The first-order valence-corrected chi connectivity index (χ1v) is 7.64. The first-order chi connectivity index (χ1) is 9.31. The van der Waals surface area contributed by atoms with Crippen LogP contribution in [0.2, 0.25) is 5.02 Å². The maximum atomic E-state index is 5.87. The first kappa shape index (κ1) is 13.2. The van der Waals surface area contributed by atoms with E-state index in [4.69, 9.17) is 11.6 Å². The summed E-state index contributed by atoms with van der Waals surface area (Å²) in [5.74, 6) is 0.903. The van der Waals surface area contributed by atoms with Crippen LogP contribution in [0, 0.1) is 5.92 Å². The first-order valence-electron chi connectivity index (χ1n) is 7.26. The van der Waals surface area contributed by atoms with Crippen molar-refractivity contribution in [2.24, 2.45) is 5.92 Å². The fourth-order valence-electron chi connectivity index (χ4n) is 3.23. The van der Waals surface area contributed by atoms with Crippen LogP contribution in [0.25, 0.3) is 0 Å². The summed E-state index contributed by atoms with van der Waals surface area (Å²) >= 11 is 5.87. The van der Waals surface area contributed by atoms with E-state index in [-0.39, 0.29) is 0 Å². The van der Waals surface area contributed by atoms with Crippen molar-refractivity contribution in [1.82, 2.24) is 10.2 Å². The summed E-state index contributed by atoms with van der Waals surface area (Å²) in [6.07, 6.45) is 2.75. The summed E-state index contributed by atoms with van der Waals surface area (Å²) in [5.41, 5.74) is 1.14. The molecule has 3 aliphatic rings. The molecule has 2 bridgehead atoms. The van der Waals surface area contributed by atoms with Gasteiger partial charge in [0.25, 0.3) is 0 Å². The Labute approximate surface area is 120 Å². The van der Waals surface area contributed by atoms with E-state index in [1.165, 1.54) is 32.5 Å². The van der Waals surface area contributed by atoms with Crippen LogP contribution in [0.5, 0.6) is 0 Å². The van der Waals surface area contributed by atoms with Gasteiger partial charge in [-0.3, -0.25) is 0 Å². The van der Waals surface area contributed by atoms with Gasteiger partial charge < -0.3 is 15.5 Å². The van der Waals surface area contributed by atoms with Gasteiger partial charge in [0, 0.05) is 36.4 Å². The van der Waals surface area contributed by atoms with Gasteiger partial charge in [0.2, 0.25) is 0 Å². The standard InChI is InChI=1S/C15H22ClN3/c16-13-1-3-14(4-2-13)17-7-8-18-15-11-19-9-5-12(15)6-10-19/h1-4,12,15,17-18H,5-11H2. The van der Waals surface area contributed by atoms with Crippen molar-refractivity contribution in [3.63, 3.8) is 0 Å². The van der Waals surface area contributed by atoms with E-state index < -0.39 is 0 Å². The summed E-state index contributed by atoms with van der Waals surface area (Å²) in [6, 6.07) is 8.59. The van der Waals surface area contributed by atoms with E-state index in [9.17, 15) is 0 Å². The van der Waals surface area contributed by atoms with E-state index in [0.717, 1.165) is 29.7 Å². The van der Waals surface area contributed by atoms with Crippen molar-refractivity contribution >= 4 is 17.3 Å². The van der Waals surface area contributed by atoms with E-state index in [1.54, 1.807) is 0 Å². The molecule has 104 valence electrons. The molecule has 3 heterocycles. The number of nitrogens with zero attached hydrogens (tertiary/aromatic N) is 1. The van der Waals surface area contributed by atoms with Gasteiger partial charge in [-0.25, -0.2) is 0 Å². The Hall–Kier alpha value is -0.770. The van der Waals surface area contributed by atoms with Crippen molar-refractivity contribution in [1.29, 1.82) is 0 Å². The molecule has 3 aliphatic heterocycles. The average Bonchev–Trinajstić information content (AvgIpc) is 2.47. The highest BCUT2D eigenvalue weighted by Gasteiger charge is 2.33. The third-order valence-electron chi connectivity index (χ3n) is 4.36. The van der Waals surface area contributed by atoms with Crippen LogP contribution in [-0.4, -0.2) is 43.7 Å². The van der Waals surface area contributed by atoms with Crippen molar-refractivity contribution in [2.45, 2.75) is 18.9 Å². The maximum absolute atomic E-state index is 5.87. The lowest BCUT2D eigenvalue weighted by Crippen LogP contribution is -2.56. The smallest absolute Gasteiger partial charge is 0.0407 e. The van der Waals surface area contributed by atoms with Crippen molar-refractivity contribution < 1.29 is 0 Å². The molecule has 1 atom stereocenters. The summed E-state index contributed by atoms with van der Waals surface area (Å²) in [4.78, 5) is 2.59. The van der Waals surface area contributed by atoms with Crippen LogP contribution < -0.4 is 10.6 Å². The minimum absolute atomic E-state index is 0.703. The van der Waals surface area contributed by atoms with Crippen LogP contribution in [-0.2, 0) is 0 Å². The molecule has 1 aromatic rings. The topological polar surface area (TPSA) is 27.3 Å². The highest BCUT2D eigenvalue weighted by molar-refractivity contribution is 6.30. The number of hydrogen-bond donors (Lipinski definition) is 2. The second-order valence-corrected chi connectivity index (χ2v) is 6.07. The summed E-state index contributed by atoms with van der Waals surface area (Å²) < 4.78 is 0. The predicted octanol–water partition coefficient (Wildman–Crippen LogP) is 2.44. The third kappa shape index (κ3) is 3.41. The normalized spacial score (nSPS) is 29.4. The zero-order valence-electron chi connectivity index (χ0n) is 11.2. The van der Waals surface area contributed by atoms with Crippen LogP contribution in [0.15, 0.2) is 24.3 Å². The highest BCUT2D eigenvalue weighted by Crippen LogP contribution is 2.27. The Morgan fingerprint density at radius 2 is 1.84 bits per heavy atom. The molecule has 1 aromatic carbocycles. The fourth-order valence-corrected chi connectivity index (χ4v) is 3.35. The van der Waals surface area contributed by atoms with Gasteiger partial charge in [0.05, 0.1) is 0 Å². The Balaban J connectivity index is 1.38. The zero-order valence-corrected chi connectivity index (χ0v) is 12.0. The van der Waals surface area contributed by atoms with E-state index >= 15 is 0 Å². The molecule has 3 fully saturated rings. The van der Waals surface area contributed by atoms with Gasteiger partial charge in [-0.15, -0.1) is 0 Å². The molecule has 0 saturated carbocycles. The lowest BCUT2D eigenvalue weighted by molar-refractivity contribution is 0.0735. The van der Waals surface area contributed by atoms with E-state index in [2.05, 4.69) is 15.5 Å². The van der Waals surface area contributed by atoms with Gasteiger partial charge >= 0.3 is 0 Å². The Kier molecular flexibility index (Phi) is 4.26. The quantitative estimate of drug-likeness (QED) is 0.811. The molecule has 3 nitrogen and oxygen atoms in total. The van der Waals surface area contributed by atoms with E-state index in [0.29, 0.717) is 6.04 Å². The molecular weight excluding hydrogens is 258 g/mol. The lowest BCUT2D eigenvalue weighted by atomic mass is 9.84. The zero-order chi connectivity index (χ0) is 13.1. The number of halogens is 1. The molecule has 0 spiro atoms. The largest absolute Gasteiger partial charge is 0.384 e. The van der Waals surface area contributed by atoms with Crippen LogP contribution in [0.1, 0.15) is 12.8 Å². The average molecular weight is 280 g/mol. The second-order valence-electron chi connectivity index (χ2n) is 5.63. The molecule has 19 heavy (non-hydrogen) atoms. The van der Waals surface area contributed by atoms with Crippen LogP contribution in [0.3, 0.4) is 0 Å². The number of nitrogens with one attached hydrogen (secondary N) is 2. The SMILES string of the molecule is Clc1ccc(NCCNC2CN3CCC2CC3)cc1. The summed E-state index contributed by atoms with van der Waals surface area (Å²) in [5, 5.41) is 7.91. The summed E-state index contributed by atoms with van der Waals surface area (Å²) in [7, 11) is 0. The van der Waals surface area contributed by atoms with Gasteiger partial charge in [-0.2, -0.15) is 0 Å². The van der Waals surface area contributed by atoms with Gasteiger partial charge in [0.1, 0.15) is 0 Å². The molecule has 3 saturated heterocycles. The lowest BCUT2D eigenvalue weighted by Gasteiger charge is -2.45. The molecule has 1 unspecified atom stereocenters. The van der Waals surface area contributed by atoms with Gasteiger partial charge in [-0.05, 0) is 56.1 Å². The third-order valence-corrected chi connectivity index (χ3v) is 4.61. The molecule has 4 heteroatoms. The van der Waals surface area contributed by atoms with Crippen molar-refractivity contribution in [3.05, 3.63) is 29.3 Å². The maximum Gasteiger partial charge on any atom is 0.0407 e. The number of fused-ring (bicyclic) bond motifs is 3. The monoisotopic (exact) mass is 279 g/mol. The summed E-state index contributed by atoms with van der Waals surface area (Å²) in [6.45, 7) is 5.85. The fraction of sp³-hybridized carbons (Fsp3) is 0.600. The highest BCUT2D eigenvalue weighted by atomic mass is 35.5. The van der Waals surface area contributed by atoms with Gasteiger partial charge in [0.15, 0.2) is 0 Å². The predicted molar refractivity (Wildman–Crippen MR) is 80.9 cm³/mol. The van der Waals surface area contributed by atoms with Crippen LogP contribution in [0.4, 0.5) is 5.69 Å². The molecule has 0 aliphatic carbocycles. The molecule has 2 N–H and O–H groups in total. The van der Waals surface area contributed by atoms with Gasteiger partial charge in [-0.1, -0.05) is 11.6 Å². The Bertz CT molecular complexity index is 398.